The quantitative estimate of drug-likeness (QED) is 0.683. The van der Waals surface area contributed by atoms with Crippen molar-refractivity contribution >= 4 is 11.6 Å². The fourth-order valence-electron chi connectivity index (χ4n) is 2.37. The zero-order valence-electron chi connectivity index (χ0n) is 14.2. The Balaban J connectivity index is 1.69. The van der Waals surface area contributed by atoms with Gasteiger partial charge < -0.3 is 9.72 Å². The first-order valence-electron chi connectivity index (χ1n) is 8.15. The Bertz CT molecular complexity index is 888. The van der Waals surface area contributed by atoms with E-state index in [4.69, 9.17) is 16.3 Å². The molecule has 126 valence electrons. The molecular formula is C21H19ClN2O. The number of benzene rings is 2. The standard InChI is InChI=1S/C21H19ClN2O/c1-15(2)25-20-10-9-17(13-19(20)22)6-3-16-4-7-18(8-5-16)14-21-23-11-12-24-21/h4-5,7-13,15H,14H2,1-2H3,(H,23,24). The number of hydrogen-bond acceptors (Lipinski definition) is 2. The van der Waals surface area contributed by atoms with E-state index >= 15 is 0 Å². The molecule has 0 amide bonds. The van der Waals surface area contributed by atoms with E-state index in [1.54, 1.807) is 6.20 Å². The van der Waals surface area contributed by atoms with Gasteiger partial charge in [-0.15, -0.1) is 0 Å². The third-order valence-corrected chi connectivity index (χ3v) is 3.82. The molecule has 0 fully saturated rings. The molecule has 0 saturated carbocycles. The molecule has 3 aromatic rings. The second-order valence-electron chi connectivity index (χ2n) is 5.97. The molecule has 0 atom stereocenters. The highest BCUT2D eigenvalue weighted by Gasteiger charge is 2.04. The average Bonchev–Trinajstić information content (AvgIpc) is 3.09. The first-order chi connectivity index (χ1) is 12.1. The molecule has 1 N–H and O–H groups in total. The maximum absolute atomic E-state index is 6.24. The number of H-pyrrole nitrogens is 1. The van der Waals surface area contributed by atoms with Crippen molar-refractivity contribution in [3.63, 3.8) is 0 Å². The molecule has 4 heteroatoms. The minimum absolute atomic E-state index is 0.0918. The van der Waals surface area contributed by atoms with E-state index in [1.165, 1.54) is 5.56 Å². The average molecular weight is 351 g/mol. The first kappa shape index (κ1) is 17.1. The summed E-state index contributed by atoms with van der Waals surface area (Å²) >= 11 is 6.24. The topological polar surface area (TPSA) is 37.9 Å². The summed E-state index contributed by atoms with van der Waals surface area (Å²) in [6.07, 6.45) is 4.47. The highest BCUT2D eigenvalue weighted by molar-refractivity contribution is 6.32. The van der Waals surface area contributed by atoms with Crippen LogP contribution in [0.3, 0.4) is 0 Å². The van der Waals surface area contributed by atoms with E-state index in [0.717, 1.165) is 23.4 Å². The maximum atomic E-state index is 6.24. The van der Waals surface area contributed by atoms with Gasteiger partial charge in [0.2, 0.25) is 0 Å². The van der Waals surface area contributed by atoms with Gasteiger partial charge in [-0.3, -0.25) is 0 Å². The predicted octanol–water partition coefficient (Wildman–Crippen LogP) is 4.84. The summed E-state index contributed by atoms with van der Waals surface area (Å²) in [5.74, 6) is 7.94. The van der Waals surface area contributed by atoms with E-state index in [0.29, 0.717) is 10.8 Å². The van der Waals surface area contributed by atoms with Gasteiger partial charge in [0, 0.05) is 29.9 Å². The number of rotatable bonds is 4. The molecule has 2 aromatic carbocycles. The van der Waals surface area contributed by atoms with Crippen LogP contribution in [0.1, 0.15) is 36.4 Å². The number of nitrogens with zero attached hydrogens (tertiary/aromatic N) is 1. The molecule has 0 radical (unpaired) electrons. The molecule has 1 heterocycles. The summed E-state index contributed by atoms with van der Waals surface area (Å²) in [7, 11) is 0. The molecule has 0 bridgehead atoms. The predicted molar refractivity (Wildman–Crippen MR) is 101 cm³/mol. The van der Waals surface area contributed by atoms with E-state index in [9.17, 15) is 0 Å². The Morgan fingerprint density at radius 1 is 1.08 bits per heavy atom. The fourth-order valence-corrected chi connectivity index (χ4v) is 2.59. The number of hydrogen-bond donors (Lipinski definition) is 1. The number of aromatic amines is 1. The Morgan fingerprint density at radius 3 is 2.44 bits per heavy atom. The van der Waals surface area contributed by atoms with Crippen molar-refractivity contribution in [2.45, 2.75) is 26.4 Å². The van der Waals surface area contributed by atoms with E-state index in [-0.39, 0.29) is 6.10 Å². The first-order valence-corrected chi connectivity index (χ1v) is 8.53. The molecule has 0 saturated heterocycles. The Hall–Kier alpha value is -2.70. The second kappa shape index (κ2) is 7.92. The van der Waals surface area contributed by atoms with Crippen molar-refractivity contribution in [1.29, 1.82) is 0 Å². The molecular weight excluding hydrogens is 332 g/mol. The van der Waals surface area contributed by atoms with Gasteiger partial charge in [-0.1, -0.05) is 35.6 Å². The van der Waals surface area contributed by atoms with Gasteiger partial charge in [0.1, 0.15) is 11.6 Å². The van der Waals surface area contributed by atoms with Crippen molar-refractivity contribution < 1.29 is 4.74 Å². The SMILES string of the molecule is CC(C)Oc1ccc(C#Cc2ccc(Cc3ncc[nH]3)cc2)cc1Cl. The van der Waals surface area contributed by atoms with Crippen LogP contribution in [0.25, 0.3) is 0 Å². The second-order valence-corrected chi connectivity index (χ2v) is 6.38. The zero-order valence-corrected chi connectivity index (χ0v) is 15.0. The summed E-state index contributed by atoms with van der Waals surface area (Å²) < 4.78 is 5.63. The number of halogens is 1. The summed E-state index contributed by atoms with van der Waals surface area (Å²) in [6, 6.07) is 13.8. The van der Waals surface area contributed by atoms with Crippen LogP contribution in [0.5, 0.6) is 5.75 Å². The number of imidazole rings is 1. The number of ether oxygens (including phenoxy) is 1. The maximum Gasteiger partial charge on any atom is 0.138 e. The molecule has 0 aliphatic heterocycles. The highest BCUT2D eigenvalue weighted by Crippen LogP contribution is 2.26. The summed E-state index contributed by atoms with van der Waals surface area (Å²) in [6.45, 7) is 3.94. The minimum atomic E-state index is 0.0918. The summed E-state index contributed by atoms with van der Waals surface area (Å²) in [5.41, 5.74) is 3.02. The van der Waals surface area contributed by atoms with Crippen molar-refractivity contribution in [2.24, 2.45) is 0 Å². The van der Waals surface area contributed by atoms with E-state index < -0.39 is 0 Å². The van der Waals surface area contributed by atoms with Gasteiger partial charge in [-0.25, -0.2) is 4.98 Å². The molecule has 0 unspecified atom stereocenters. The monoisotopic (exact) mass is 350 g/mol. The molecule has 0 aliphatic carbocycles. The van der Waals surface area contributed by atoms with Gasteiger partial charge in [-0.2, -0.15) is 0 Å². The molecule has 1 aromatic heterocycles. The molecule has 3 nitrogen and oxygen atoms in total. The van der Waals surface area contributed by atoms with Crippen LogP contribution >= 0.6 is 11.6 Å². The van der Waals surface area contributed by atoms with Gasteiger partial charge in [0.05, 0.1) is 11.1 Å². The highest BCUT2D eigenvalue weighted by atomic mass is 35.5. The lowest BCUT2D eigenvalue weighted by Crippen LogP contribution is -2.05. The molecule has 0 aliphatic rings. The lowest BCUT2D eigenvalue weighted by Gasteiger charge is -2.11. The number of aromatic nitrogens is 2. The zero-order chi connectivity index (χ0) is 17.6. The third-order valence-electron chi connectivity index (χ3n) is 3.53. The van der Waals surface area contributed by atoms with Crippen LogP contribution in [-0.2, 0) is 6.42 Å². The molecule has 0 spiro atoms. The van der Waals surface area contributed by atoms with Crippen LogP contribution in [0, 0.1) is 11.8 Å². The minimum Gasteiger partial charge on any atom is -0.489 e. The fraction of sp³-hybridized carbons (Fsp3) is 0.190. The summed E-state index contributed by atoms with van der Waals surface area (Å²) in [4.78, 5) is 7.34. The van der Waals surface area contributed by atoms with Gasteiger partial charge in [0.15, 0.2) is 0 Å². The van der Waals surface area contributed by atoms with Crippen LogP contribution in [0.2, 0.25) is 5.02 Å². The van der Waals surface area contributed by atoms with Crippen molar-refractivity contribution in [3.8, 4) is 17.6 Å². The molecule has 25 heavy (non-hydrogen) atoms. The Kier molecular flexibility index (Phi) is 5.42. The van der Waals surface area contributed by atoms with Crippen molar-refractivity contribution in [2.75, 3.05) is 0 Å². The van der Waals surface area contributed by atoms with Crippen LogP contribution in [0.4, 0.5) is 0 Å². The Morgan fingerprint density at radius 2 is 1.80 bits per heavy atom. The smallest absolute Gasteiger partial charge is 0.138 e. The third kappa shape index (κ3) is 4.89. The number of nitrogens with one attached hydrogen (secondary N) is 1. The van der Waals surface area contributed by atoms with Crippen LogP contribution in [0.15, 0.2) is 54.9 Å². The molecule has 3 rings (SSSR count). The van der Waals surface area contributed by atoms with Gasteiger partial charge in [-0.05, 0) is 49.7 Å². The van der Waals surface area contributed by atoms with Gasteiger partial charge >= 0.3 is 0 Å². The van der Waals surface area contributed by atoms with Crippen LogP contribution < -0.4 is 4.74 Å². The lowest BCUT2D eigenvalue weighted by atomic mass is 10.1. The van der Waals surface area contributed by atoms with E-state index in [1.807, 2.05) is 50.4 Å². The lowest BCUT2D eigenvalue weighted by molar-refractivity contribution is 0.242. The van der Waals surface area contributed by atoms with Crippen molar-refractivity contribution in [3.05, 3.63) is 82.4 Å². The summed E-state index contributed by atoms with van der Waals surface area (Å²) in [5, 5.41) is 0.578. The van der Waals surface area contributed by atoms with Gasteiger partial charge in [0.25, 0.3) is 0 Å². The Labute approximate surface area is 153 Å². The van der Waals surface area contributed by atoms with E-state index in [2.05, 4.69) is 33.9 Å². The largest absolute Gasteiger partial charge is 0.489 e. The van der Waals surface area contributed by atoms with Crippen molar-refractivity contribution in [1.82, 2.24) is 9.97 Å². The van der Waals surface area contributed by atoms with Crippen LogP contribution in [-0.4, -0.2) is 16.1 Å². The normalized spacial score (nSPS) is 10.4.